The zero-order valence-electron chi connectivity index (χ0n) is 9.61. The van der Waals surface area contributed by atoms with Gasteiger partial charge in [-0.3, -0.25) is 4.79 Å². The first kappa shape index (κ1) is 11.3. The fourth-order valence-electron chi connectivity index (χ4n) is 1.45. The van der Waals surface area contributed by atoms with Gasteiger partial charge in [0, 0.05) is 0 Å². The zero-order chi connectivity index (χ0) is 12.3. The molecule has 2 rings (SSSR count). The second kappa shape index (κ2) is 4.73. The molecule has 0 spiro atoms. The summed E-state index contributed by atoms with van der Waals surface area (Å²) in [5, 5.41) is 2.98. The van der Waals surface area contributed by atoms with E-state index in [1.54, 1.807) is 0 Å². The van der Waals surface area contributed by atoms with Gasteiger partial charge in [0.1, 0.15) is 11.5 Å². The van der Waals surface area contributed by atoms with E-state index in [-0.39, 0.29) is 11.3 Å². The molecular formula is C11H13N3O3. The minimum absolute atomic E-state index is 0.163. The van der Waals surface area contributed by atoms with E-state index in [2.05, 4.69) is 15.3 Å². The van der Waals surface area contributed by atoms with E-state index in [0.29, 0.717) is 12.4 Å². The Morgan fingerprint density at radius 2 is 2.35 bits per heavy atom. The minimum Gasteiger partial charge on any atom is -0.489 e. The number of H-pyrrole nitrogens is 1. The van der Waals surface area contributed by atoms with Crippen molar-refractivity contribution >= 4 is 5.82 Å². The Kier molecular flexibility index (Phi) is 3.13. The zero-order valence-corrected chi connectivity index (χ0v) is 9.61. The van der Waals surface area contributed by atoms with E-state index in [4.69, 9.17) is 9.15 Å². The number of nitrogens with one attached hydrogen (secondary N) is 2. The van der Waals surface area contributed by atoms with Crippen LogP contribution >= 0.6 is 0 Å². The average molecular weight is 235 g/mol. The number of rotatable bonds is 4. The van der Waals surface area contributed by atoms with Gasteiger partial charge in [0.25, 0.3) is 5.56 Å². The van der Waals surface area contributed by atoms with Crippen molar-refractivity contribution in [2.24, 2.45) is 0 Å². The maximum atomic E-state index is 11.4. The number of anilines is 1. The van der Waals surface area contributed by atoms with Crippen molar-refractivity contribution in [3.8, 4) is 5.75 Å². The Morgan fingerprint density at radius 3 is 3.00 bits per heavy atom. The molecule has 0 radical (unpaired) electrons. The van der Waals surface area contributed by atoms with Crippen LogP contribution in [0.2, 0.25) is 0 Å². The van der Waals surface area contributed by atoms with Gasteiger partial charge >= 0.3 is 0 Å². The highest BCUT2D eigenvalue weighted by molar-refractivity contribution is 5.47. The second-order valence-electron chi connectivity index (χ2n) is 3.48. The number of furan rings is 1. The number of hydrogen-bond donors (Lipinski definition) is 2. The molecule has 6 nitrogen and oxygen atoms in total. The van der Waals surface area contributed by atoms with Crippen LogP contribution in [0.15, 0.2) is 27.7 Å². The van der Waals surface area contributed by atoms with Gasteiger partial charge in [-0.15, -0.1) is 0 Å². The summed E-state index contributed by atoms with van der Waals surface area (Å²) in [7, 11) is 1.43. The Morgan fingerprint density at radius 1 is 1.53 bits per heavy atom. The molecule has 0 aliphatic heterocycles. The van der Waals surface area contributed by atoms with E-state index >= 15 is 0 Å². The molecule has 0 aliphatic carbocycles. The maximum absolute atomic E-state index is 11.4. The van der Waals surface area contributed by atoms with E-state index in [0.717, 1.165) is 11.5 Å². The Balaban J connectivity index is 2.14. The number of methoxy groups -OCH3 is 1. The van der Waals surface area contributed by atoms with Crippen LogP contribution < -0.4 is 15.6 Å². The lowest BCUT2D eigenvalue weighted by Gasteiger charge is -2.07. The van der Waals surface area contributed by atoms with Crippen LogP contribution in [-0.4, -0.2) is 17.1 Å². The summed E-state index contributed by atoms with van der Waals surface area (Å²) in [4.78, 5) is 17.8. The molecule has 2 aromatic heterocycles. The highest BCUT2D eigenvalue weighted by Crippen LogP contribution is 2.16. The number of hydrogen-bond acceptors (Lipinski definition) is 5. The van der Waals surface area contributed by atoms with Crippen LogP contribution in [0, 0.1) is 6.92 Å². The van der Waals surface area contributed by atoms with Crippen molar-refractivity contribution in [2.75, 3.05) is 12.4 Å². The van der Waals surface area contributed by atoms with Gasteiger partial charge in [0.15, 0.2) is 5.82 Å². The van der Waals surface area contributed by atoms with Crippen LogP contribution in [0.1, 0.15) is 11.5 Å². The van der Waals surface area contributed by atoms with Gasteiger partial charge in [0.2, 0.25) is 5.75 Å². The average Bonchev–Trinajstić information content (AvgIpc) is 2.72. The quantitative estimate of drug-likeness (QED) is 0.834. The van der Waals surface area contributed by atoms with Crippen molar-refractivity contribution in [2.45, 2.75) is 13.5 Å². The number of aromatic nitrogens is 2. The number of aryl methyl sites for hydroxylation is 1. The van der Waals surface area contributed by atoms with Gasteiger partial charge in [-0.05, 0) is 19.1 Å². The molecule has 0 unspecified atom stereocenters. The van der Waals surface area contributed by atoms with E-state index < -0.39 is 0 Å². The molecule has 0 bridgehead atoms. The summed E-state index contributed by atoms with van der Waals surface area (Å²) in [6.45, 7) is 2.32. The lowest BCUT2D eigenvalue weighted by atomic mass is 10.4. The SMILES string of the molecule is COc1c(NCc2ccc(C)o2)nc[nH]c1=O. The van der Waals surface area contributed by atoms with Crippen molar-refractivity contribution in [3.05, 3.63) is 40.3 Å². The predicted molar refractivity (Wildman–Crippen MR) is 62.2 cm³/mol. The summed E-state index contributed by atoms with van der Waals surface area (Å²) in [5.41, 5.74) is -0.319. The molecule has 2 heterocycles. The predicted octanol–water partition coefficient (Wildman–Crippen LogP) is 1.29. The molecule has 0 saturated carbocycles. The number of aromatic amines is 1. The number of ether oxygens (including phenoxy) is 1. The molecule has 2 aromatic rings. The van der Waals surface area contributed by atoms with Crippen LogP contribution in [0.5, 0.6) is 5.75 Å². The van der Waals surface area contributed by atoms with E-state index in [1.807, 2.05) is 19.1 Å². The van der Waals surface area contributed by atoms with Crippen molar-refractivity contribution < 1.29 is 9.15 Å². The van der Waals surface area contributed by atoms with Crippen LogP contribution in [0.4, 0.5) is 5.82 Å². The third kappa shape index (κ3) is 2.47. The van der Waals surface area contributed by atoms with Gasteiger partial charge in [-0.2, -0.15) is 0 Å². The molecular weight excluding hydrogens is 222 g/mol. The van der Waals surface area contributed by atoms with Gasteiger partial charge < -0.3 is 19.5 Å². The third-order valence-corrected chi connectivity index (χ3v) is 2.24. The molecule has 0 aromatic carbocycles. The smallest absolute Gasteiger partial charge is 0.295 e. The fourth-order valence-corrected chi connectivity index (χ4v) is 1.45. The Bertz CT molecular complexity index is 559. The first-order valence-electron chi connectivity index (χ1n) is 5.11. The van der Waals surface area contributed by atoms with Gasteiger partial charge in [-0.25, -0.2) is 4.98 Å². The highest BCUT2D eigenvalue weighted by atomic mass is 16.5. The van der Waals surface area contributed by atoms with Crippen molar-refractivity contribution in [1.29, 1.82) is 0 Å². The maximum Gasteiger partial charge on any atom is 0.295 e. The highest BCUT2D eigenvalue weighted by Gasteiger charge is 2.08. The molecule has 0 saturated heterocycles. The van der Waals surface area contributed by atoms with Crippen molar-refractivity contribution in [1.82, 2.24) is 9.97 Å². The molecule has 0 fully saturated rings. The standard InChI is InChI=1S/C11H13N3O3/c1-7-3-4-8(17-7)5-12-10-9(16-2)11(15)14-6-13-10/h3-4,6H,5H2,1-2H3,(H2,12,13,14,15). The lowest BCUT2D eigenvalue weighted by Crippen LogP contribution is -2.13. The van der Waals surface area contributed by atoms with Gasteiger partial charge in [0.05, 0.1) is 20.0 Å². The van der Waals surface area contributed by atoms with Gasteiger partial charge in [-0.1, -0.05) is 0 Å². The summed E-state index contributed by atoms with van der Waals surface area (Å²) < 4.78 is 10.4. The van der Waals surface area contributed by atoms with Crippen molar-refractivity contribution in [3.63, 3.8) is 0 Å². The third-order valence-electron chi connectivity index (χ3n) is 2.24. The summed E-state index contributed by atoms with van der Waals surface area (Å²) in [6, 6.07) is 3.74. The summed E-state index contributed by atoms with van der Waals surface area (Å²) in [5.74, 6) is 2.17. The van der Waals surface area contributed by atoms with E-state index in [1.165, 1.54) is 13.4 Å². The molecule has 2 N–H and O–H groups in total. The lowest BCUT2D eigenvalue weighted by molar-refractivity contribution is 0.407. The minimum atomic E-state index is -0.319. The molecule has 0 amide bonds. The monoisotopic (exact) mass is 235 g/mol. The summed E-state index contributed by atoms with van der Waals surface area (Å²) in [6.07, 6.45) is 1.32. The molecule has 0 aliphatic rings. The number of nitrogens with zero attached hydrogens (tertiary/aromatic N) is 1. The van der Waals surface area contributed by atoms with Crippen LogP contribution in [0.3, 0.4) is 0 Å². The van der Waals surface area contributed by atoms with Crippen LogP contribution in [0.25, 0.3) is 0 Å². The fraction of sp³-hybridized carbons (Fsp3) is 0.273. The molecule has 6 heteroatoms. The second-order valence-corrected chi connectivity index (χ2v) is 3.48. The molecule has 17 heavy (non-hydrogen) atoms. The molecule has 0 atom stereocenters. The van der Waals surface area contributed by atoms with E-state index in [9.17, 15) is 4.79 Å². The Hall–Kier alpha value is -2.24. The Labute approximate surface area is 97.6 Å². The topological polar surface area (TPSA) is 80.2 Å². The van der Waals surface area contributed by atoms with Crippen LogP contribution in [-0.2, 0) is 6.54 Å². The first-order valence-corrected chi connectivity index (χ1v) is 5.11. The first-order chi connectivity index (χ1) is 8.20. The largest absolute Gasteiger partial charge is 0.489 e. The molecule has 90 valence electrons. The normalized spacial score (nSPS) is 10.2. The summed E-state index contributed by atoms with van der Waals surface area (Å²) >= 11 is 0.